The predicted octanol–water partition coefficient (Wildman–Crippen LogP) is -0.413. The van der Waals surface area contributed by atoms with Crippen molar-refractivity contribution >= 4 is 17.5 Å². The molecule has 0 saturated carbocycles. The molecule has 1 aliphatic heterocycles. The summed E-state index contributed by atoms with van der Waals surface area (Å²) in [4.78, 5) is 37.3. The molecule has 1 fully saturated rings. The minimum absolute atomic E-state index is 0.147. The van der Waals surface area contributed by atoms with Crippen molar-refractivity contribution in [1.29, 1.82) is 0 Å². The largest absolute Gasteiger partial charge is 0.481 e. The topological polar surface area (TPSA) is 106 Å². The van der Waals surface area contributed by atoms with Crippen LogP contribution in [0, 0.1) is 0 Å². The van der Waals surface area contributed by atoms with Crippen molar-refractivity contribution in [1.82, 2.24) is 19.1 Å². The van der Waals surface area contributed by atoms with Gasteiger partial charge in [-0.15, -0.1) is 5.10 Å². The normalized spacial score (nSPS) is 20.6. The Hall–Kier alpha value is -2.68. The first-order chi connectivity index (χ1) is 11.5. The van der Waals surface area contributed by atoms with E-state index in [1.165, 1.54) is 16.4 Å². The Morgan fingerprint density at radius 1 is 1.42 bits per heavy atom. The van der Waals surface area contributed by atoms with Gasteiger partial charge in [0.15, 0.2) is 5.65 Å². The Morgan fingerprint density at radius 2 is 2.21 bits per heavy atom. The third-order valence-corrected chi connectivity index (χ3v) is 4.21. The van der Waals surface area contributed by atoms with Gasteiger partial charge >= 0.3 is 11.7 Å². The zero-order chi connectivity index (χ0) is 17.3. The van der Waals surface area contributed by atoms with Gasteiger partial charge in [0.2, 0.25) is 5.91 Å². The zero-order valence-electron chi connectivity index (χ0n) is 13.2. The van der Waals surface area contributed by atoms with Crippen molar-refractivity contribution < 1.29 is 19.4 Å². The Labute approximate surface area is 137 Å². The molecule has 0 bridgehead atoms. The number of rotatable bonds is 5. The van der Waals surface area contributed by atoms with Gasteiger partial charge < -0.3 is 14.7 Å². The fourth-order valence-corrected chi connectivity index (χ4v) is 3.04. The van der Waals surface area contributed by atoms with Crippen molar-refractivity contribution in [3.63, 3.8) is 0 Å². The summed E-state index contributed by atoms with van der Waals surface area (Å²) in [5.41, 5.74) is 0.0461. The molecule has 1 aliphatic rings. The van der Waals surface area contributed by atoms with Crippen LogP contribution in [0.4, 0.5) is 0 Å². The lowest BCUT2D eigenvalue weighted by molar-refractivity contribution is -0.140. The lowest BCUT2D eigenvalue weighted by Crippen LogP contribution is -2.41. The summed E-state index contributed by atoms with van der Waals surface area (Å²) in [5, 5.41) is 13.1. The molecule has 9 nitrogen and oxygen atoms in total. The maximum Gasteiger partial charge on any atom is 0.350 e. The second-order valence-electron chi connectivity index (χ2n) is 5.76. The standard InChI is InChI=1S/C15H18N4O5/c1-24-11-6-10(7-14(21)22)18(8-11)13(20)9-19-15(23)17-5-3-2-4-12(17)16-19/h2-5,10-11H,6-9H2,1H3,(H,21,22). The second kappa shape index (κ2) is 6.44. The maximum absolute atomic E-state index is 12.6. The van der Waals surface area contributed by atoms with Crippen LogP contribution in [0.2, 0.25) is 0 Å². The van der Waals surface area contributed by atoms with Gasteiger partial charge in [-0.2, -0.15) is 0 Å². The number of methoxy groups -OCH3 is 1. The summed E-state index contributed by atoms with van der Waals surface area (Å²) in [6, 6.07) is 4.69. The number of aliphatic carboxylic acids is 1. The quantitative estimate of drug-likeness (QED) is 0.796. The summed E-state index contributed by atoms with van der Waals surface area (Å²) in [5.74, 6) is -1.31. The number of fused-ring (bicyclic) bond motifs is 1. The number of carbonyl (C=O) groups is 2. The number of aromatic nitrogens is 3. The maximum atomic E-state index is 12.6. The highest BCUT2D eigenvalue weighted by atomic mass is 16.5. The Bertz CT molecular complexity index is 827. The smallest absolute Gasteiger partial charge is 0.350 e. The molecule has 128 valence electrons. The number of nitrogens with zero attached hydrogens (tertiary/aromatic N) is 4. The molecule has 2 aromatic rings. The number of carbonyl (C=O) groups excluding carboxylic acids is 1. The van der Waals surface area contributed by atoms with Crippen LogP contribution in [0.1, 0.15) is 12.8 Å². The van der Waals surface area contributed by atoms with Crippen molar-refractivity contribution in [3.8, 4) is 0 Å². The highest BCUT2D eigenvalue weighted by molar-refractivity contribution is 5.78. The van der Waals surface area contributed by atoms with E-state index in [2.05, 4.69) is 5.10 Å². The average molecular weight is 334 g/mol. The zero-order valence-corrected chi connectivity index (χ0v) is 13.2. The summed E-state index contributed by atoms with van der Waals surface area (Å²) in [6.45, 7) is 0.0858. The van der Waals surface area contributed by atoms with Crippen LogP contribution in [-0.4, -0.2) is 61.9 Å². The number of carboxylic acid groups (broad SMARTS) is 1. The van der Waals surface area contributed by atoms with E-state index >= 15 is 0 Å². The Balaban J connectivity index is 1.80. The number of carboxylic acids is 1. The predicted molar refractivity (Wildman–Crippen MR) is 82.6 cm³/mol. The molecule has 0 aliphatic carbocycles. The average Bonchev–Trinajstić information content (AvgIpc) is 3.09. The van der Waals surface area contributed by atoms with Gasteiger partial charge in [-0.25, -0.2) is 9.48 Å². The summed E-state index contributed by atoms with van der Waals surface area (Å²) in [7, 11) is 1.53. The number of likely N-dealkylation sites (tertiary alicyclic amines) is 1. The van der Waals surface area contributed by atoms with E-state index in [1.54, 1.807) is 24.4 Å². The molecule has 1 N–H and O–H groups in total. The number of hydrogen-bond acceptors (Lipinski definition) is 5. The van der Waals surface area contributed by atoms with E-state index in [4.69, 9.17) is 9.84 Å². The molecule has 2 unspecified atom stereocenters. The van der Waals surface area contributed by atoms with Gasteiger partial charge in [0.1, 0.15) is 6.54 Å². The van der Waals surface area contributed by atoms with Gasteiger partial charge in [0.25, 0.3) is 0 Å². The SMILES string of the molecule is COC1CC(CC(=O)O)N(C(=O)Cn2nc3ccccn3c2=O)C1. The van der Waals surface area contributed by atoms with E-state index in [0.717, 1.165) is 4.68 Å². The molecule has 1 amide bonds. The van der Waals surface area contributed by atoms with Gasteiger partial charge in [0.05, 0.1) is 12.5 Å². The number of amides is 1. The molecule has 9 heteroatoms. The van der Waals surface area contributed by atoms with Crippen LogP contribution in [-0.2, 0) is 20.9 Å². The molecule has 2 aromatic heterocycles. The molecular weight excluding hydrogens is 316 g/mol. The van der Waals surface area contributed by atoms with Gasteiger partial charge in [-0.3, -0.25) is 14.0 Å². The monoisotopic (exact) mass is 334 g/mol. The van der Waals surface area contributed by atoms with Crippen LogP contribution in [0.15, 0.2) is 29.2 Å². The molecule has 0 spiro atoms. The first-order valence-corrected chi connectivity index (χ1v) is 7.58. The highest BCUT2D eigenvalue weighted by Crippen LogP contribution is 2.23. The highest BCUT2D eigenvalue weighted by Gasteiger charge is 2.36. The molecule has 24 heavy (non-hydrogen) atoms. The number of ether oxygens (including phenoxy) is 1. The van der Waals surface area contributed by atoms with Crippen LogP contribution in [0.3, 0.4) is 0 Å². The molecule has 1 saturated heterocycles. The molecule has 3 heterocycles. The van der Waals surface area contributed by atoms with Crippen LogP contribution in [0.5, 0.6) is 0 Å². The van der Waals surface area contributed by atoms with E-state index in [1.807, 2.05) is 0 Å². The summed E-state index contributed by atoms with van der Waals surface area (Å²) in [6.07, 6.45) is 1.70. The fraction of sp³-hybridized carbons (Fsp3) is 0.467. The Morgan fingerprint density at radius 3 is 2.88 bits per heavy atom. The van der Waals surface area contributed by atoms with Crippen LogP contribution in [0.25, 0.3) is 5.65 Å². The minimum atomic E-state index is -0.973. The van der Waals surface area contributed by atoms with Crippen LogP contribution >= 0.6 is 0 Å². The van der Waals surface area contributed by atoms with Crippen molar-refractivity contribution in [2.75, 3.05) is 13.7 Å². The summed E-state index contributed by atoms with van der Waals surface area (Å²) >= 11 is 0. The third-order valence-electron chi connectivity index (χ3n) is 4.21. The van der Waals surface area contributed by atoms with Crippen molar-refractivity contribution in [3.05, 3.63) is 34.9 Å². The molecule has 2 atom stereocenters. The second-order valence-corrected chi connectivity index (χ2v) is 5.76. The van der Waals surface area contributed by atoms with Crippen molar-refractivity contribution in [2.24, 2.45) is 0 Å². The van der Waals surface area contributed by atoms with E-state index in [0.29, 0.717) is 18.6 Å². The van der Waals surface area contributed by atoms with E-state index in [-0.39, 0.29) is 25.0 Å². The number of pyridine rings is 1. The lowest BCUT2D eigenvalue weighted by Gasteiger charge is -2.22. The fourth-order valence-electron chi connectivity index (χ4n) is 3.04. The summed E-state index contributed by atoms with van der Waals surface area (Å²) < 4.78 is 7.69. The Kier molecular flexibility index (Phi) is 4.34. The van der Waals surface area contributed by atoms with Gasteiger partial charge in [-0.1, -0.05) is 6.07 Å². The van der Waals surface area contributed by atoms with E-state index in [9.17, 15) is 14.4 Å². The lowest BCUT2D eigenvalue weighted by atomic mass is 10.1. The molecule has 0 aromatic carbocycles. The molecular formula is C15H18N4O5. The van der Waals surface area contributed by atoms with E-state index < -0.39 is 17.7 Å². The van der Waals surface area contributed by atoms with Gasteiger partial charge in [-0.05, 0) is 18.6 Å². The third kappa shape index (κ3) is 3.02. The molecule has 0 radical (unpaired) electrons. The van der Waals surface area contributed by atoms with Gasteiger partial charge in [0, 0.05) is 25.9 Å². The molecule has 3 rings (SSSR count). The van der Waals surface area contributed by atoms with Crippen molar-refractivity contribution in [2.45, 2.75) is 31.5 Å². The minimum Gasteiger partial charge on any atom is -0.481 e. The van der Waals surface area contributed by atoms with Crippen LogP contribution < -0.4 is 5.69 Å². The number of hydrogen-bond donors (Lipinski definition) is 1. The first-order valence-electron chi connectivity index (χ1n) is 7.58. The first kappa shape index (κ1) is 16.2.